The van der Waals surface area contributed by atoms with Crippen LogP contribution in [-0.4, -0.2) is 18.1 Å². The van der Waals surface area contributed by atoms with Gasteiger partial charge in [0.1, 0.15) is 0 Å². The fourth-order valence-electron chi connectivity index (χ4n) is 2.82. The van der Waals surface area contributed by atoms with E-state index in [-0.39, 0.29) is 11.8 Å². The van der Waals surface area contributed by atoms with Crippen LogP contribution >= 0.6 is 11.8 Å². The Morgan fingerprint density at radius 2 is 1.61 bits per heavy atom. The summed E-state index contributed by atoms with van der Waals surface area (Å²) < 4.78 is 0. The normalized spacial score (nSPS) is 10.4. The molecule has 0 atom stereocenters. The number of benzene rings is 3. The van der Waals surface area contributed by atoms with Gasteiger partial charge in [0.2, 0.25) is 0 Å². The maximum Gasteiger partial charge on any atom is 0.257 e. The summed E-state index contributed by atoms with van der Waals surface area (Å²) in [6, 6.07) is 22.1. The van der Waals surface area contributed by atoms with Gasteiger partial charge < -0.3 is 10.6 Å². The molecular formula is C23H22N2O2S. The Kier molecular flexibility index (Phi) is 6.50. The van der Waals surface area contributed by atoms with Crippen molar-refractivity contribution in [1.82, 2.24) is 0 Å². The molecule has 4 nitrogen and oxygen atoms in total. The van der Waals surface area contributed by atoms with E-state index in [1.807, 2.05) is 49.6 Å². The van der Waals surface area contributed by atoms with E-state index in [0.29, 0.717) is 16.8 Å². The molecule has 0 aromatic heterocycles. The van der Waals surface area contributed by atoms with Gasteiger partial charge in [0.25, 0.3) is 11.8 Å². The van der Waals surface area contributed by atoms with Crippen molar-refractivity contribution in [2.75, 3.05) is 16.9 Å². The number of anilines is 2. The molecule has 3 aromatic carbocycles. The number of carbonyl (C=O) groups is 2. The summed E-state index contributed by atoms with van der Waals surface area (Å²) in [6.45, 7) is 1.97. The fraction of sp³-hybridized carbons (Fsp3) is 0.130. The Labute approximate surface area is 169 Å². The van der Waals surface area contributed by atoms with Crippen molar-refractivity contribution >= 4 is 35.0 Å². The van der Waals surface area contributed by atoms with E-state index >= 15 is 0 Å². The van der Waals surface area contributed by atoms with Gasteiger partial charge in [-0.05, 0) is 60.7 Å². The average Bonchev–Trinajstić information content (AvgIpc) is 2.69. The van der Waals surface area contributed by atoms with Gasteiger partial charge in [-0.25, -0.2) is 0 Å². The predicted molar refractivity (Wildman–Crippen MR) is 117 cm³/mol. The standard InChI is InChI=1S/C23H22N2O2S/c1-16-6-5-7-19(14-16)24-23(27)20-8-3-4-9-21(20)25-22(26)18-12-10-17(11-13-18)15-28-2/h3-14H,15H2,1-2H3,(H,24,27)(H,25,26). The first-order valence-electron chi connectivity index (χ1n) is 8.93. The van der Waals surface area contributed by atoms with E-state index in [9.17, 15) is 9.59 Å². The lowest BCUT2D eigenvalue weighted by Crippen LogP contribution is -2.18. The lowest BCUT2D eigenvalue weighted by molar-refractivity contribution is 0.102. The molecule has 2 amide bonds. The SMILES string of the molecule is CSCc1ccc(C(=O)Nc2ccccc2C(=O)Nc2cccc(C)c2)cc1. The van der Waals surface area contributed by atoms with Gasteiger partial charge in [-0.2, -0.15) is 11.8 Å². The first-order chi connectivity index (χ1) is 13.6. The highest BCUT2D eigenvalue weighted by molar-refractivity contribution is 7.97. The summed E-state index contributed by atoms with van der Waals surface area (Å²) in [5, 5.41) is 5.73. The van der Waals surface area contributed by atoms with Gasteiger partial charge in [-0.15, -0.1) is 0 Å². The van der Waals surface area contributed by atoms with Gasteiger partial charge in [-0.1, -0.05) is 36.4 Å². The number of hydrogen-bond donors (Lipinski definition) is 2. The summed E-state index contributed by atoms with van der Waals surface area (Å²) in [5.74, 6) is 0.396. The monoisotopic (exact) mass is 390 g/mol. The quantitative estimate of drug-likeness (QED) is 0.595. The van der Waals surface area contributed by atoms with Crippen LogP contribution in [0.25, 0.3) is 0 Å². The minimum absolute atomic E-state index is 0.244. The lowest BCUT2D eigenvalue weighted by Gasteiger charge is -2.12. The van der Waals surface area contributed by atoms with E-state index in [4.69, 9.17) is 0 Å². The van der Waals surface area contributed by atoms with Crippen molar-refractivity contribution in [3.8, 4) is 0 Å². The first-order valence-corrected chi connectivity index (χ1v) is 10.3. The lowest BCUT2D eigenvalue weighted by atomic mass is 10.1. The third kappa shape index (κ3) is 5.02. The molecule has 3 rings (SSSR count). The number of para-hydroxylation sites is 1. The number of amides is 2. The first kappa shape index (κ1) is 19.7. The van der Waals surface area contributed by atoms with Gasteiger partial charge in [0.15, 0.2) is 0 Å². The smallest absolute Gasteiger partial charge is 0.257 e. The molecule has 28 heavy (non-hydrogen) atoms. The van der Waals surface area contributed by atoms with E-state index in [1.165, 1.54) is 5.56 Å². The van der Waals surface area contributed by atoms with Crippen LogP contribution in [0.1, 0.15) is 31.8 Å². The zero-order chi connectivity index (χ0) is 19.9. The van der Waals surface area contributed by atoms with Crippen LogP contribution in [-0.2, 0) is 5.75 Å². The van der Waals surface area contributed by atoms with Crippen LogP contribution in [0.3, 0.4) is 0 Å². The van der Waals surface area contributed by atoms with Crippen LogP contribution in [0.4, 0.5) is 11.4 Å². The largest absolute Gasteiger partial charge is 0.322 e. The van der Waals surface area contributed by atoms with Crippen molar-refractivity contribution in [3.63, 3.8) is 0 Å². The molecule has 0 aliphatic rings. The molecule has 0 heterocycles. The minimum atomic E-state index is -0.267. The third-order valence-electron chi connectivity index (χ3n) is 4.22. The molecule has 5 heteroatoms. The number of nitrogens with one attached hydrogen (secondary N) is 2. The van der Waals surface area contributed by atoms with Crippen LogP contribution in [0.5, 0.6) is 0 Å². The Bertz CT molecular complexity index is 984. The zero-order valence-electron chi connectivity index (χ0n) is 15.9. The van der Waals surface area contributed by atoms with Crippen molar-refractivity contribution in [2.24, 2.45) is 0 Å². The predicted octanol–water partition coefficient (Wildman–Crippen LogP) is 5.36. The molecule has 2 N–H and O–H groups in total. The maximum absolute atomic E-state index is 12.7. The Morgan fingerprint density at radius 1 is 0.857 bits per heavy atom. The molecule has 0 aliphatic heterocycles. The molecule has 142 valence electrons. The second-order valence-corrected chi connectivity index (χ2v) is 7.32. The van der Waals surface area contributed by atoms with Gasteiger partial charge in [0, 0.05) is 17.0 Å². The van der Waals surface area contributed by atoms with E-state index < -0.39 is 0 Å². The Morgan fingerprint density at radius 3 is 2.32 bits per heavy atom. The van der Waals surface area contributed by atoms with E-state index in [0.717, 1.165) is 17.0 Å². The van der Waals surface area contributed by atoms with Crippen LogP contribution < -0.4 is 10.6 Å². The number of aryl methyl sites for hydroxylation is 1. The summed E-state index contributed by atoms with van der Waals surface area (Å²) in [7, 11) is 0. The van der Waals surface area contributed by atoms with Gasteiger partial charge >= 0.3 is 0 Å². The second-order valence-electron chi connectivity index (χ2n) is 6.45. The highest BCUT2D eigenvalue weighted by atomic mass is 32.2. The highest BCUT2D eigenvalue weighted by Gasteiger charge is 2.14. The molecule has 0 bridgehead atoms. The van der Waals surface area contributed by atoms with Crippen LogP contribution in [0.15, 0.2) is 72.8 Å². The average molecular weight is 391 g/mol. The summed E-state index contributed by atoms with van der Waals surface area (Å²) in [4.78, 5) is 25.3. The molecule has 0 unspecified atom stereocenters. The fourth-order valence-corrected chi connectivity index (χ4v) is 3.35. The number of carbonyl (C=O) groups excluding carboxylic acids is 2. The van der Waals surface area contributed by atoms with Crippen LogP contribution in [0, 0.1) is 6.92 Å². The molecule has 0 spiro atoms. The van der Waals surface area contributed by atoms with Crippen molar-refractivity contribution < 1.29 is 9.59 Å². The van der Waals surface area contributed by atoms with E-state index in [2.05, 4.69) is 10.6 Å². The molecular weight excluding hydrogens is 368 g/mol. The number of rotatable bonds is 6. The van der Waals surface area contributed by atoms with Gasteiger partial charge in [0.05, 0.1) is 11.3 Å². The topological polar surface area (TPSA) is 58.2 Å². The maximum atomic E-state index is 12.7. The summed E-state index contributed by atoms with van der Waals surface area (Å²) in [5.41, 5.74) is 4.39. The number of hydrogen-bond acceptors (Lipinski definition) is 3. The van der Waals surface area contributed by atoms with Crippen molar-refractivity contribution in [1.29, 1.82) is 0 Å². The van der Waals surface area contributed by atoms with Crippen molar-refractivity contribution in [2.45, 2.75) is 12.7 Å². The molecule has 3 aromatic rings. The van der Waals surface area contributed by atoms with Crippen molar-refractivity contribution in [3.05, 3.63) is 95.1 Å². The molecule has 0 saturated heterocycles. The molecule has 0 saturated carbocycles. The molecule has 0 aliphatic carbocycles. The minimum Gasteiger partial charge on any atom is -0.322 e. The number of thioether (sulfide) groups is 1. The Hall–Kier alpha value is -3.05. The van der Waals surface area contributed by atoms with Gasteiger partial charge in [-0.3, -0.25) is 9.59 Å². The molecule has 0 radical (unpaired) electrons. The Balaban J connectivity index is 1.76. The summed E-state index contributed by atoms with van der Waals surface area (Å²) in [6.07, 6.45) is 2.04. The highest BCUT2D eigenvalue weighted by Crippen LogP contribution is 2.19. The summed E-state index contributed by atoms with van der Waals surface area (Å²) >= 11 is 1.73. The van der Waals surface area contributed by atoms with E-state index in [1.54, 1.807) is 48.2 Å². The molecule has 0 fully saturated rings. The zero-order valence-corrected chi connectivity index (χ0v) is 16.7. The van der Waals surface area contributed by atoms with Crippen LogP contribution in [0.2, 0.25) is 0 Å². The third-order valence-corrected chi connectivity index (χ3v) is 4.84. The second kappa shape index (κ2) is 9.24.